The molecule has 0 radical (unpaired) electrons. The summed E-state index contributed by atoms with van der Waals surface area (Å²) in [7, 11) is 4.05. The van der Waals surface area contributed by atoms with E-state index in [1.54, 1.807) is 0 Å². The molecule has 0 unspecified atom stereocenters. The van der Waals surface area contributed by atoms with Crippen molar-refractivity contribution >= 4 is 21.6 Å². The first-order valence-corrected chi connectivity index (χ1v) is 9.95. The molecule has 2 saturated heterocycles. The molecular weight excluding hydrogens is 376 g/mol. The van der Waals surface area contributed by atoms with E-state index in [4.69, 9.17) is 0 Å². The van der Waals surface area contributed by atoms with Gasteiger partial charge in [-0.25, -0.2) is 0 Å². The van der Waals surface area contributed by atoms with Gasteiger partial charge in [0.2, 0.25) is 0 Å². The van der Waals surface area contributed by atoms with Gasteiger partial charge in [0.05, 0.1) is 6.07 Å². The van der Waals surface area contributed by atoms with Crippen molar-refractivity contribution in [3.8, 4) is 6.07 Å². The summed E-state index contributed by atoms with van der Waals surface area (Å²) in [6.07, 6.45) is 4.10. The zero-order valence-corrected chi connectivity index (χ0v) is 16.8. The molecule has 0 N–H and O–H groups in total. The van der Waals surface area contributed by atoms with Crippen LogP contribution in [0.2, 0.25) is 0 Å². The van der Waals surface area contributed by atoms with Crippen molar-refractivity contribution in [2.45, 2.75) is 31.2 Å². The maximum Gasteiger partial charge on any atom is 0.111 e. The molecule has 1 aromatic rings. The first-order valence-electron chi connectivity index (χ1n) is 9.15. The zero-order valence-electron chi connectivity index (χ0n) is 15.2. The fraction of sp³-hybridized carbons (Fsp3) is 0.600. The lowest BCUT2D eigenvalue weighted by molar-refractivity contribution is 0.0484. The van der Waals surface area contributed by atoms with Gasteiger partial charge in [-0.15, -0.1) is 0 Å². The largest absolute Gasteiger partial charge is 0.306 e. The summed E-state index contributed by atoms with van der Waals surface area (Å²) < 4.78 is 1.10. The van der Waals surface area contributed by atoms with Crippen molar-refractivity contribution in [1.82, 2.24) is 9.80 Å². The van der Waals surface area contributed by atoms with E-state index in [-0.39, 0.29) is 5.54 Å². The zero-order chi connectivity index (χ0) is 17.9. The normalized spacial score (nSPS) is 23.4. The highest BCUT2D eigenvalue weighted by Gasteiger charge is 2.41. The average Bonchev–Trinajstić information content (AvgIpc) is 2.65. The second-order valence-corrected chi connectivity index (χ2v) is 8.24. The average molecular weight is 403 g/mol. The molecule has 0 amide bonds. The lowest BCUT2D eigenvalue weighted by atomic mass is 9.82. The van der Waals surface area contributed by atoms with Crippen LogP contribution in [0.3, 0.4) is 0 Å². The summed E-state index contributed by atoms with van der Waals surface area (Å²) in [5.41, 5.74) is 2.18. The number of hydrogen-bond acceptors (Lipinski definition) is 4. The van der Waals surface area contributed by atoms with Crippen LogP contribution in [0, 0.1) is 17.2 Å². The minimum Gasteiger partial charge on any atom is -0.306 e. The number of likely N-dealkylation sites (tertiary alicyclic amines) is 2. The van der Waals surface area contributed by atoms with E-state index >= 15 is 0 Å². The molecule has 134 valence electrons. The predicted octanol–water partition coefficient (Wildman–Crippen LogP) is 3.57. The Kier molecular flexibility index (Phi) is 5.93. The summed E-state index contributed by atoms with van der Waals surface area (Å²) in [6, 6.07) is 11.1. The van der Waals surface area contributed by atoms with Crippen LogP contribution in [0.25, 0.3) is 0 Å². The summed E-state index contributed by atoms with van der Waals surface area (Å²) >= 11 is 3.50. The van der Waals surface area contributed by atoms with Crippen LogP contribution in [0.15, 0.2) is 33.7 Å². The van der Waals surface area contributed by atoms with Gasteiger partial charge in [0.25, 0.3) is 0 Å². The molecule has 0 atom stereocenters. The highest BCUT2D eigenvalue weighted by atomic mass is 79.9. The molecule has 1 aromatic carbocycles. The Bertz CT molecular complexity index is 645. The standard InChI is InChI=1S/C20H27BrN4/c1-23-19(16-3-5-18(21)6-4-16)17-7-11-25(12-8-17)20(15-22)9-13-24(2)14-10-20/h3-6,17H,7-14H2,1-2H3. The Labute approximate surface area is 159 Å². The van der Waals surface area contributed by atoms with Crippen LogP contribution in [-0.4, -0.2) is 61.3 Å². The molecule has 3 rings (SSSR count). The fourth-order valence-corrected chi connectivity index (χ4v) is 4.50. The molecule has 2 heterocycles. The lowest BCUT2D eigenvalue weighted by Gasteiger charge is -2.46. The van der Waals surface area contributed by atoms with Crippen molar-refractivity contribution in [1.29, 1.82) is 5.26 Å². The first-order chi connectivity index (χ1) is 12.1. The Balaban J connectivity index is 1.66. The van der Waals surface area contributed by atoms with Gasteiger partial charge in [0, 0.05) is 49.3 Å². The quantitative estimate of drug-likeness (QED) is 0.725. The van der Waals surface area contributed by atoms with Gasteiger partial charge in [0.15, 0.2) is 0 Å². The number of nitrogens with zero attached hydrogens (tertiary/aromatic N) is 4. The molecule has 5 heteroatoms. The number of aliphatic imine (C=N–C) groups is 1. The lowest BCUT2D eigenvalue weighted by Crippen LogP contribution is -2.56. The number of rotatable bonds is 3. The Morgan fingerprint density at radius 3 is 2.28 bits per heavy atom. The summed E-state index contributed by atoms with van der Waals surface area (Å²) in [5.74, 6) is 0.490. The highest BCUT2D eigenvalue weighted by Crippen LogP contribution is 2.33. The monoisotopic (exact) mass is 402 g/mol. The van der Waals surface area contributed by atoms with Crippen LogP contribution >= 0.6 is 15.9 Å². The van der Waals surface area contributed by atoms with Crippen molar-refractivity contribution < 1.29 is 0 Å². The Morgan fingerprint density at radius 2 is 1.76 bits per heavy atom. The van der Waals surface area contributed by atoms with E-state index in [9.17, 15) is 5.26 Å². The van der Waals surface area contributed by atoms with Gasteiger partial charge in [-0.1, -0.05) is 28.1 Å². The van der Waals surface area contributed by atoms with Crippen LogP contribution in [-0.2, 0) is 0 Å². The van der Waals surface area contributed by atoms with Gasteiger partial charge in [-0.2, -0.15) is 5.26 Å². The Morgan fingerprint density at radius 1 is 1.16 bits per heavy atom. The van der Waals surface area contributed by atoms with E-state index in [0.717, 1.165) is 56.3 Å². The van der Waals surface area contributed by atoms with Crippen LogP contribution in [0.5, 0.6) is 0 Å². The summed E-state index contributed by atoms with van der Waals surface area (Å²) in [6.45, 7) is 4.04. The van der Waals surface area contributed by atoms with Gasteiger partial charge in [-0.3, -0.25) is 9.89 Å². The molecule has 0 spiro atoms. The molecule has 2 aliphatic rings. The van der Waals surface area contributed by atoms with Crippen LogP contribution < -0.4 is 0 Å². The second-order valence-electron chi connectivity index (χ2n) is 7.32. The van der Waals surface area contributed by atoms with Gasteiger partial charge in [-0.05, 0) is 50.4 Å². The number of piperidine rings is 2. The van der Waals surface area contributed by atoms with Gasteiger partial charge in [0.1, 0.15) is 5.54 Å². The van der Waals surface area contributed by atoms with E-state index in [1.165, 1.54) is 11.3 Å². The van der Waals surface area contributed by atoms with Crippen molar-refractivity contribution in [2.75, 3.05) is 40.3 Å². The number of hydrogen-bond donors (Lipinski definition) is 0. The van der Waals surface area contributed by atoms with Gasteiger partial charge < -0.3 is 4.90 Å². The summed E-state index contributed by atoms with van der Waals surface area (Å²) in [5, 5.41) is 9.87. The minimum atomic E-state index is -0.251. The Hall–Kier alpha value is -1.22. The van der Waals surface area contributed by atoms with Crippen LogP contribution in [0.4, 0.5) is 0 Å². The molecule has 25 heavy (non-hydrogen) atoms. The second kappa shape index (κ2) is 7.99. The first kappa shape index (κ1) is 18.6. The number of benzene rings is 1. The molecular formula is C20H27BrN4. The predicted molar refractivity (Wildman–Crippen MR) is 106 cm³/mol. The number of nitriles is 1. The third kappa shape index (κ3) is 3.97. The molecule has 2 fully saturated rings. The third-order valence-corrected chi connectivity index (χ3v) is 6.42. The topological polar surface area (TPSA) is 42.6 Å². The van der Waals surface area contributed by atoms with E-state index in [0.29, 0.717) is 5.92 Å². The van der Waals surface area contributed by atoms with Gasteiger partial charge >= 0.3 is 0 Å². The van der Waals surface area contributed by atoms with Crippen molar-refractivity contribution in [3.63, 3.8) is 0 Å². The van der Waals surface area contributed by atoms with E-state index in [2.05, 4.69) is 68.1 Å². The number of halogens is 1. The van der Waals surface area contributed by atoms with Crippen LogP contribution in [0.1, 0.15) is 31.2 Å². The summed E-state index contributed by atoms with van der Waals surface area (Å²) in [4.78, 5) is 9.39. The SMILES string of the molecule is CN=C(c1ccc(Br)cc1)C1CCN(C2(C#N)CCN(C)CC2)CC1. The molecule has 0 aliphatic carbocycles. The van der Waals surface area contributed by atoms with Crippen molar-refractivity contribution in [2.24, 2.45) is 10.9 Å². The molecule has 2 aliphatic heterocycles. The van der Waals surface area contributed by atoms with E-state index in [1.807, 2.05) is 7.05 Å². The fourth-order valence-electron chi connectivity index (χ4n) is 4.24. The molecule has 4 nitrogen and oxygen atoms in total. The smallest absolute Gasteiger partial charge is 0.111 e. The molecule has 0 bridgehead atoms. The van der Waals surface area contributed by atoms with E-state index < -0.39 is 0 Å². The van der Waals surface area contributed by atoms with Crippen molar-refractivity contribution in [3.05, 3.63) is 34.3 Å². The minimum absolute atomic E-state index is 0.251. The molecule has 0 saturated carbocycles. The maximum absolute atomic E-state index is 9.87. The maximum atomic E-state index is 9.87. The molecule has 0 aromatic heterocycles. The highest BCUT2D eigenvalue weighted by molar-refractivity contribution is 9.10. The third-order valence-electron chi connectivity index (χ3n) is 5.89.